The number of hydrogen-bond donors (Lipinski definition) is 1. The molecule has 2 N–H and O–H groups in total. The molecule has 0 heterocycles. The van der Waals surface area contributed by atoms with Gasteiger partial charge in [-0.05, 0) is 19.8 Å². The van der Waals surface area contributed by atoms with Crippen LogP contribution in [0.5, 0.6) is 0 Å². The van der Waals surface area contributed by atoms with Gasteiger partial charge in [0.15, 0.2) is 0 Å². The highest BCUT2D eigenvalue weighted by Gasteiger charge is 2.40. The van der Waals surface area contributed by atoms with Crippen molar-refractivity contribution in [2.24, 2.45) is 5.73 Å². The van der Waals surface area contributed by atoms with E-state index in [9.17, 15) is 0 Å². The van der Waals surface area contributed by atoms with Gasteiger partial charge in [0.1, 0.15) is 0 Å². The highest BCUT2D eigenvalue weighted by molar-refractivity contribution is 4.95. The standard InChI is InChI=1S/C10H21NO2/c1-4-5-7(2)13-9-6-8(11)10(9)12-3/h7-10H,4-6,11H2,1-3H3. The molecule has 0 aromatic rings. The van der Waals surface area contributed by atoms with Crippen molar-refractivity contribution in [3.8, 4) is 0 Å². The Labute approximate surface area is 80.6 Å². The lowest BCUT2D eigenvalue weighted by Gasteiger charge is -2.42. The van der Waals surface area contributed by atoms with Crippen molar-refractivity contribution in [1.29, 1.82) is 0 Å². The van der Waals surface area contributed by atoms with Crippen molar-refractivity contribution in [1.82, 2.24) is 0 Å². The fraction of sp³-hybridized carbons (Fsp3) is 1.00. The molecule has 0 spiro atoms. The van der Waals surface area contributed by atoms with Crippen LogP contribution in [0.25, 0.3) is 0 Å². The zero-order valence-electron chi connectivity index (χ0n) is 8.82. The minimum Gasteiger partial charge on any atom is -0.377 e. The second kappa shape index (κ2) is 4.94. The molecule has 13 heavy (non-hydrogen) atoms. The van der Waals surface area contributed by atoms with Crippen LogP contribution >= 0.6 is 0 Å². The average molecular weight is 187 g/mol. The van der Waals surface area contributed by atoms with Gasteiger partial charge in [0, 0.05) is 13.2 Å². The molecular weight excluding hydrogens is 166 g/mol. The Balaban J connectivity index is 2.22. The van der Waals surface area contributed by atoms with Gasteiger partial charge in [0.25, 0.3) is 0 Å². The van der Waals surface area contributed by atoms with Crippen molar-refractivity contribution in [3.05, 3.63) is 0 Å². The quantitative estimate of drug-likeness (QED) is 0.705. The van der Waals surface area contributed by atoms with Crippen molar-refractivity contribution in [2.75, 3.05) is 7.11 Å². The molecule has 0 radical (unpaired) electrons. The average Bonchev–Trinajstić information content (AvgIpc) is 2.04. The molecule has 1 aliphatic carbocycles. The Bertz CT molecular complexity index is 152. The van der Waals surface area contributed by atoms with Gasteiger partial charge in [-0.2, -0.15) is 0 Å². The maximum absolute atomic E-state index is 5.80. The molecule has 0 saturated heterocycles. The van der Waals surface area contributed by atoms with Gasteiger partial charge in [-0.3, -0.25) is 0 Å². The summed E-state index contributed by atoms with van der Waals surface area (Å²) in [6, 6.07) is 0.170. The molecule has 78 valence electrons. The second-order valence-electron chi connectivity index (χ2n) is 3.87. The number of ether oxygens (including phenoxy) is 2. The Morgan fingerprint density at radius 1 is 1.54 bits per heavy atom. The summed E-state index contributed by atoms with van der Waals surface area (Å²) >= 11 is 0. The van der Waals surface area contributed by atoms with E-state index in [0.717, 1.165) is 19.3 Å². The van der Waals surface area contributed by atoms with E-state index in [-0.39, 0.29) is 18.2 Å². The van der Waals surface area contributed by atoms with Crippen LogP contribution in [0.15, 0.2) is 0 Å². The molecule has 0 aromatic carbocycles. The predicted molar refractivity (Wildman–Crippen MR) is 52.6 cm³/mol. The van der Waals surface area contributed by atoms with Crippen molar-refractivity contribution < 1.29 is 9.47 Å². The number of rotatable bonds is 5. The number of methoxy groups -OCH3 is 1. The maximum Gasteiger partial charge on any atom is 0.0984 e. The molecule has 1 aliphatic rings. The molecule has 1 fully saturated rings. The molecular formula is C10H21NO2. The Kier molecular flexibility index (Phi) is 4.16. The number of nitrogens with two attached hydrogens (primary N) is 1. The molecule has 4 unspecified atom stereocenters. The van der Waals surface area contributed by atoms with Crippen LogP contribution in [0.4, 0.5) is 0 Å². The van der Waals surface area contributed by atoms with E-state index in [1.54, 1.807) is 7.11 Å². The SMILES string of the molecule is CCCC(C)OC1CC(N)C1OC. The fourth-order valence-corrected chi connectivity index (χ4v) is 1.85. The lowest BCUT2D eigenvalue weighted by atomic mass is 9.86. The van der Waals surface area contributed by atoms with Crippen LogP contribution in [-0.2, 0) is 9.47 Å². The van der Waals surface area contributed by atoms with Gasteiger partial charge in [-0.25, -0.2) is 0 Å². The number of hydrogen-bond acceptors (Lipinski definition) is 3. The topological polar surface area (TPSA) is 44.5 Å². The van der Waals surface area contributed by atoms with Crippen LogP contribution in [0.1, 0.15) is 33.1 Å². The van der Waals surface area contributed by atoms with E-state index in [4.69, 9.17) is 15.2 Å². The first-order valence-electron chi connectivity index (χ1n) is 5.12. The highest BCUT2D eigenvalue weighted by Crippen LogP contribution is 2.26. The third-order valence-corrected chi connectivity index (χ3v) is 2.67. The van der Waals surface area contributed by atoms with E-state index in [1.165, 1.54) is 0 Å². The van der Waals surface area contributed by atoms with Crippen LogP contribution in [0.2, 0.25) is 0 Å². The third kappa shape index (κ3) is 2.66. The molecule has 0 aromatic heterocycles. The highest BCUT2D eigenvalue weighted by atomic mass is 16.5. The zero-order chi connectivity index (χ0) is 9.84. The van der Waals surface area contributed by atoms with Gasteiger partial charge < -0.3 is 15.2 Å². The summed E-state index contributed by atoms with van der Waals surface area (Å²) in [7, 11) is 1.70. The molecule has 4 atom stereocenters. The van der Waals surface area contributed by atoms with Crippen LogP contribution < -0.4 is 5.73 Å². The molecule has 1 saturated carbocycles. The first-order chi connectivity index (χ1) is 6.19. The van der Waals surface area contributed by atoms with Gasteiger partial charge in [-0.15, -0.1) is 0 Å². The van der Waals surface area contributed by atoms with Crippen molar-refractivity contribution in [2.45, 2.75) is 57.5 Å². The lowest BCUT2D eigenvalue weighted by Crippen LogP contribution is -2.58. The minimum absolute atomic E-state index is 0.110. The monoisotopic (exact) mass is 187 g/mol. The Hall–Kier alpha value is -0.120. The van der Waals surface area contributed by atoms with E-state index >= 15 is 0 Å². The summed E-state index contributed by atoms with van der Waals surface area (Å²) in [6.45, 7) is 4.28. The summed E-state index contributed by atoms with van der Waals surface area (Å²) < 4.78 is 11.0. The largest absolute Gasteiger partial charge is 0.377 e. The van der Waals surface area contributed by atoms with E-state index in [2.05, 4.69) is 13.8 Å². The summed E-state index contributed by atoms with van der Waals surface area (Å²) in [5.74, 6) is 0. The second-order valence-corrected chi connectivity index (χ2v) is 3.87. The summed E-state index contributed by atoms with van der Waals surface area (Å²) in [4.78, 5) is 0. The summed E-state index contributed by atoms with van der Waals surface area (Å²) in [5.41, 5.74) is 5.77. The van der Waals surface area contributed by atoms with Gasteiger partial charge in [-0.1, -0.05) is 13.3 Å². The van der Waals surface area contributed by atoms with Gasteiger partial charge >= 0.3 is 0 Å². The zero-order valence-corrected chi connectivity index (χ0v) is 8.82. The minimum atomic E-state index is 0.110. The molecule has 0 bridgehead atoms. The maximum atomic E-state index is 5.80. The molecule has 1 rings (SSSR count). The molecule has 3 nitrogen and oxygen atoms in total. The lowest BCUT2D eigenvalue weighted by molar-refractivity contribution is -0.147. The Morgan fingerprint density at radius 3 is 2.69 bits per heavy atom. The van der Waals surface area contributed by atoms with Gasteiger partial charge in [0.05, 0.1) is 18.3 Å². The van der Waals surface area contributed by atoms with Crippen LogP contribution in [0, 0.1) is 0 Å². The van der Waals surface area contributed by atoms with Gasteiger partial charge in [0.2, 0.25) is 0 Å². The van der Waals surface area contributed by atoms with E-state index in [0.29, 0.717) is 6.10 Å². The third-order valence-electron chi connectivity index (χ3n) is 2.67. The smallest absolute Gasteiger partial charge is 0.0984 e. The van der Waals surface area contributed by atoms with Crippen LogP contribution in [0.3, 0.4) is 0 Å². The van der Waals surface area contributed by atoms with Crippen molar-refractivity contribution >= 4 is 0 Å². The molecule has 0 aliphatic heterocycles. The molecule has 3 heteroatoms. The first-order valence-corrected chi connectivity index (χ1v) is 5.12. The fourth-order valence-electron chi connectivity index (χ4n) is 1.85. The van der Waals surface area contributed by atoms with E-state index < -0.39 is 0 Å². The molecule has 0 amide bonds. The predicted octanol–water partition coefficient (Wildman–Crippen LogP) is 1.31. The van der Waals surface area contributed by atoms with E-state index in [1.807, 2.05) is 0 Å². The Morgan fingerprint density at radius 2 is 2.23 bits per heavy atom. The summed E-state index contributed by atoms with van der Waals surface area (Å²) in [5, 5.41) is 0. The summed E-state index contributed by atoms with van der Waals surface area (Å²) in [6.07, 6.45) is 3.88. The normalized spacial score (nSPS) is 35.5. The first kappa shape index (κ1) is 11.0. The van der Waals surface area contributed by atoms with Crippen molar-refractivity contribution in [3.63, 3.8) is 0 Å². The van der Waals surface area contributed by atoms with Crippen LogP contribution in [-0.4, -0.2) is 31.5 Å².